The summed E-state index contributed by atoms with van der Waals surface area (Å²) in [6.45, 7) is 6.29. The van der Waals surface area contributed by atoms with Crippen molar-refractivity contribution in [2.75, 3.05) is 13.2 Å². The minimum absolute atomic E-state index is 0.104. The summed E-state index contributed by atoms with van der Waals surface area (Å²) in [5.41, 5.74) is 0. The van der Waals surface area contributed by atoms with Gasteiger partial charge < -0.3 is 14.2 Å². The van der Waals surface area contributed by atoms with Gasteiger partial charge in [-0.25, -0.2) is 0 Å². The van der Waals surface area contributed by atoms with E-state index < -0.39 is 6.10 Å². The maximum Gasteiger partial charge on any atom is 0.306 e. The van der Waals surface area contributed by atoms with Crippen LogP contribution >= 0.6 is 0 Å². The lowest BCUT2D eigenvalue weighted by Crippen LogP contribution is -2.30. The van der Waals surface area contributed by atoms with Crippen LogP contribution in [0.4, 0.5) is 0 Å². The topological polar surface area (TPSA) is 78.9 Å². The second kappa shape index (κ2) is 51.7. The fourth-order valence-corrected chi connectivity index (χ4v) is 6.75. The highest BCUT2D eigenvalue weighted by atomic mass is 16.6. The predicted molar refractivity (Wildman–Crippen MR) is 274 cm³/mol. The summed E-state index contributed by atoms with van der Waals surface area (Å²) in [5.74, 6) is -0.976. The molecule has 0 fully saturated rings. The summed E-state index contributed by atoms with van der Waals surface area (Å²) in [6, 6.07) is 0. The van der Waals surface area contributed by atoms with Crippen LogP contribution in [0.2, 0.25) is 0 Å². The van der Waals surface area contributed by atoms with Gasteiger partial charge in [-0.15, -0.1) is 0 Å². The van der Waals surface area contributed by atoms with Crippen molar-refractivity contribution >= 4 is 17.9 Å². The Bertz CT molecular complexity index is 1340. The normalized spacial score (nSPS) is 13.0. The first-order chi connectivity index (χ1) is 31.5. The lowest BCUT2D eigenvalue weighted by atomic mass is 10.1. The number of hydrogen-bond acceptors (Lipinski definition) is 6. The van der Waals surface area contributed by atoms with Gasteiger partial charge in [0.15, 0.2) is 6.10 Å². The van der Waals surface area contributed by atoms with Crippen molar-refractivity contribution in [3.8, 4) is 0 Å². The minimum Gasteiger partial charge on any atom is -0.462 e. The fraction of sp³-hybridized carbons (Fsp3) is 0.638. The van der Waals surface area contributed by atoms with Crippen LogP contribution < -0.4 is 0 Å². The molecule has 64 heavy (non-hydrogen) atoms. The van der Waals surface area contributed by atoms with Gasteiger partial charge in [-0.1, -0.05) is 214 Å². The van der Waals surface area contributed by atoms with Gasteiger partial charge in [-0.2, -0.15) is 0 Å². The first kappa shape index (κ1) is 60.1. The Kier molecular flexibility index (Phi) is 48.5. The summed E-state index contributed by atoms with van der Waals surface area (Å²) in [7, 11) is 0. The maximum absolute atomic E-state index is 12.8. The third-order valence-corrected chi connectivity index (χ3v) is 10.6. The van der Waals surface area contributed by atoms with Gasteiger partial charge in [0.2, 0.25) is 0 Å². The molecule has 0 aromatic rings. The Morgan fingerprint density at radius 3 is 1.17 bits per heavy atom. The molecule has 0 N–H and O–H groups in total. The van der Waals surface area contributed by atoms with E-state index in [4.69, 9.17) is 14.2 Å². The van der Waals surface area contributed by atoms with Crippen molar-refractivity contribution in [2.45, 2.75) is 226 Å². The van der Waals surface area contributed by atoms with Gasteiger partial charge >= 0.3 is 17.9 Å². The molecular weight excluding hydrogens is 793 g/mol. The van der Waals surface area contributed by atoms with Gasteiger partial charge in [0.25, 0.3) is 0 Å². The van der Waals surface area contributed by atoms with Crippen molar-refractivity contribution in [3.05, 3.63) is 109 Å². The van der Waals surface area contributed by atoms with Gasteiger partial charge in [0, 0.05) is 19.3 Å². The van der Waals surface area contributed by atoms with Crippen LogP contribution in [-0.4, -0.2) is 37.2 Å². The van der Waals surface area contributed by atoms with E-state index in [0.29, 0.717) is 12.8 Å². The highest BCUT2D eigenvalue weighted by molar-refractivity contribution is 5.71. The molecule has 0 aliphatic carbocycles. The molecule has 0 rings (SSSR count). The van der Waals surface area contributed by atoms with Crippen LogP contribution in [0.1, 0.15) is 220 Å². The summed E-state index contributed by atoms with van der Waals surface area (Å²) >= 11 is 0. The number of carbonyl (C=O) groups is 3. The van der Waals surface area contributed by atoms with Crippen molar-refractivity contribution in [3.63, 3.8) is 0 Å². The van der Waals surface area contributed by atoms with E-state index >= 15 is 0 Å². The third-order valence-electron chi connectivity index (χ3n) is 10.6. The molecule has 0 saturated carbocycles. The Labute approximate surface area is 393 Å². The van der Waals surface area contributed by atoms with E-state index in [1.165, 1.54) is 77.0 Å². The molecule has 0 spiro atoms. The quantitative estimate of drug-likeness (QED) is 0.0199. The molecule has 6 nitrogen and oxygen atoms in total. The molecule has 1 unspecified atom stereocenters. The molecule has 0 amide bonds. The summed E-state index contributed by atoms with van der Waals surface area (Å²) in [5, 5.41) is 0. The van der Waals surface area contributed by atoms with Crippen LogP contribution in [0.3, 0.4) is 0 Å². The van der Waals surface area contributed by atoms with Crippen LogP contribution in [0.25, 0.3) is 0 Å². The molecule has 0 heterocycles. The molecule has 0 aromatic carbocycles. The molecule has 1 atom stereocenters. The van der Waals surface area contributed by atoms with E-state index in [9.17, 15) is 14.4 Å². The van der Waals surface area contributed by atoms with Crippen molar-refractivity contribution in [1.82, 2.24) is 0 Å². The van der Waals surface area contributed by atoms with E-state index in [2.05, 4.69) is 93.7 Å². The predicted octanol–water partition coefficient (Wildman–Crippen LogP) is 17.1. The van der Waals surface area contributed by atoms with E-state index in [-0.39, 0.29) is 37.5 Å². The van der Waals surface area contributed by atoms with E-state index in [1.807, 2.05) is 36.5 Å². The molecule has 0 bridgehead atoms. The molecule has 0 aromatic heterocycles. The molecule has 0 aliphatic heterocycles. The lowest BCUT2D eigenvalue weighted by molar-refractivity contribution is -0.167. The third kappa shape index (κ3) is 49.1. The summed E-state index contributed by atoms with van der Waals surface area (Å²) in [6.07, 6.45) is 69.3. The van der Waals surface area contributed by atoms with E-state index in [0.717, 1.165) is 103 Å². The highest BCUT2D eigenvalue weighted by Gasteiger charge is 2.19. The Morgan fingerprint density at radius 1 is 0.344 bits per heavy atom. The molecule has 6 heteroatoms. The minimum atomic E-state index is -0.809. The Hall–Kier alpha value is -3.93. The average Bonchev–Trinajstić information content (AvgIpc) is 3.29. The highest BCUT2D eigenvalue weighted by Crippen LogP contribution is 2.14. The van der Waals surface area contributed by atoms with Crippen LogP contribution in [0.15, 0.2) is 109 Å². The average molecular weight is 887 g/mol. The number of ether oxygens (including phenoxy) is 3. The van der Waals surface area contributed by atoms with Crippen molar-refractivity contribution in [1.29, 1.82) is 0 Å². The van der Waals surface area contributed by atoms with Crippen molar-refractivity contribution < 1.29 is 28.6 Å². The SMILES string of the molecule is CC/C=C/C=C/C=C/C=C/CCCCCC(=O)OCC(COC(=O)CCCCCCCCCCCC/C=C/C=C/CCCCC)OC(=O)CCCCCC/C=C/C/C=C/C/C=C/CC. The van der Waals surface area contributed by atoms with Crippen LogP contribution in [0, 0.1) is 0 Å². The monoisotopic (exact) mass is 887 g/mol. The Balaban J connectivity index is 4.45. The van der Waals surface area contributed by atoms with Crippen molar-refractivity contribution in [2.24, 2.45) is 0 Å². The number of esters is 3. The number of hydrogen-bond donors (Lipinski definition) is 0. The largest absolute Gasteiger partial charge is 0.462 e. The number of carbonyl (C=O) groups excluding carboxylic acids is 3. The zero-order valence-corrected chi connectivity index (χ0v) is 41.3. The number of rotatable bonds is 45. The summed E-state index contributed by atoms with van der Waals surface area (Å²) in [4.78, 5) is 38.0. The van der Waals surface area contributed by atoms with Crippen LogP contribution in [-0.2, 0) is 28.6 Å². The summed E-state index contributed by atoms with van der Waals surface area (Å²) < 4.78 is 16.7. The Morgan fingerprint density at radius 2 is 0.688 bits per heavy atom. The van der Waals surface area contributed by atoms with Gasteiger partial charge in [-0.05, 0) is 96.3 Å². The first-order valence-corrected chi connectivity index (χ1v) is 26.0. The van der Waals surface area contributed by atoms with Gasteiger partial charge in [0.05, 0.1) is 0 Å². The number of unbranched alkanes of at least 4 members (excludes halogenated alkanes) is 20. The smallest absolute Gasteiger partial charge is 0.306 e. The zero-order chi connectivity index (χ0) is 46.5. The van der Waals surface area contributed by atoms with Gasteiger partial charge in [-0.3, -0.25) is 14.4 Å². The number of allylic oxidation sites excluding steroid dienone is 18. The fourth-order valence-electron chi connectivity index (χ4n) is 6.75. The molecule has 0 radical (unpaired) electrons. The standard InChI is InChI=1S/C58H94O6/c1-4-7-10-13-16-19-22-25-27-28-29-30-31-34-36-39-42-45-48-51-57(60)63-54-55(53-62-56(59)50-47-44-41-38-35-32-24-21-18-15-12-9-6-3)64-58(61)52-49-46-43-40-37-33-26-23-20-17-14-11-8-5-2/h8-9,11-12,15-22,24-26,32-33,35,55H,4-7,10,13-14,23,27-31,34,36-54H2,1-3H3/b11-8+,12-9+,18-15+,19-16+,20-17+,24-21+,25-22+,33-26+,35-32+. The molecule has 362 valence electrons. The van der Waals surface area contributed by atoms with E-state index in [1.54, 1.807) is 0 Å². The second-order valence-electron chi connectivity index (χ2n) is 16.8. The maximum atomic E-state index is 12.8. The molecule has 0 aliphatic rings. The second-order valence-corrected chi connectivity index (χ2v) is 16.8. The zero-order valence-electron chi connectivity index (χ0n) is 41.3. The molecular formula is C58H94O6. The molecule has 0 saturated heterocycles. The van der Waals surface area contributed by atoms with Crippen LogP contribution in [0.5, 0.6) is 0 Å². The lowest BCUT2D eigenvalue weighted by Gasteiger charge is -2.18. The van der Waals surface area contributed by atoms with Gasteiger partial charge in [0.1, 0.15) is 13.2 Å². The first-order valence-electron chi connectivity index (χ1n) is 26.0.